The van der Waals surface area contributed by atoms with Gasteiger partial charge in [0.2, 0.25) is 10.0 Å². The Labute approximate surface area is 105 Å². The SMILES string of the molecule is CCN(Cc1cccs1)S(=O)(=O)CC(N)=S. The van der Waals surface area contributed by atoms with Gasteiger partial charge in [0.25, 0.3) is 0 Å². The van der Waals surface area contributed by atoms with Crippen molar-refractivity contribution in [2.24, 2.45) is 5.73 Å². The summed E-state index contributed by atoms with van der Waals surface area (Å²) in [4.78, 5) is 1.01. The van der Waals surface area contributed by atoms with Crippen LogP contribution in [0.5, 0.6) is 0 Å². The first-order valence-corrected chi connectivity index (χ1v) is 7.64. The summed E-state index contributed by atoms with van der Waals surface area (Å²) in [6, 6.07) is 3.80. The van der Waals surface area contributed by atoms with Gasteiger partial charge in [0, 0.05) is 18.0 Å². The van der Waals surface area contributed by atoms with Crippen LogP contribution in [0, 0.1) is 0 Å². The van der Waals surface area contributed by atoms with E-state index in [9.17, 15) is 8.42 Å². The van der Waals surface area contributed by atoms with E-state index >= 15 is 0 Å². The number of hydrogen-bond donors (Lipinski definition) is 1. The van der Waals surface area contributed by atoms with Crippen LogP contribution in [-0.2, 0) is 16.6 Å². The third kappa shape index (κ3) is 3.82. The predicted octanol–water partition coefficient (Wildman–Crippen LogP) is 1.19. The van der Waals surface area contributed by atoms with Crippen LogP contribution < -0.4 is 5.73 Å². The minimum atomic E-state index is -3.37. The highest BCUT2D eigenvalue weighted by Crippen LogP contribution is 2.14. The average Bonchev–Trinajstić information content (AvgIpc) is 2.63. The maximum Gasteiger partial charge on any atom is 0.220 e. The molecular weight excluding hydrogens is 264 g/mol. The summed E-state index contributed by atoms with van der Waals surface area (Å²) < 4.78 is 25.1. The van der Waals surface area contributed by atoms with Crippen molar-refractivity contribution >= 4 is 38.6 Å². The average molecular weight is 278 g/mol. The third-order valence-electron chi connectivity index (χ3n) is 1.98. The molecule has 0 aliphatic carbocycles. The Morgan fingerprint density at radius 1 is 1.62 bits per heavy atom. The molecule has 2 N–H and O–H groups in total. The van der Waals surface area contributed by atoms with Crippen LogP contribution in [-0.4, -0.2) is 30.0 Å². The molecule has 16 heavy (non-hydrogen) atoms. The molecular formula is C9H14N2O2S3. The highest BCUT2D eigenvalue weighted by molar-refractivity contribution is 7.92. The van der Waals surface area contributed by atoms with Crippen molar-refractivity contribution in [3.63, 3.8) is 0 Å². The minimum Gasteiger partial charge on any atom is -0.392 e. The molecule has 0 aliphatic rings. The molecule has 1 aromatic rings. The molecule has 7 heteroatoms. The molecule has 0 bridgehead atoms. The molecule has 1 rings (SSSR count). The van der Waals surface area contributed by atoms with Crippen LogP contribution in [0.1, 0.15) is 11.8 Å². The molecule has 0 amide bonds. The molecule has 0 unspecified atom stereocenters. The summed E-state index contributed by atoms with van der Waals surface area (Å²) in [5, 5.41) is 1.92. The minimum absolute atomic E-state index is 0.00429. The first-order chi connectivity index (χ1) is 7.45. The van der Waals surface area contributed by atoms with E-state index in [0.29, 0.717) is 13.1 Å². The van der Waals surface area contributed by atoms with Crippen LogP contribution in [0.2, 0.25) is 0 Å². The molecule has 0 aromatic carbocycles. The van der Waals surface area contributed by atoms with E-state index in [2.05, 4.69) is 12.2 Å². The molecule has 1 aromatic heterocycles. The molecule has 0 radical (unpaired) electrons. The van der Waals surface area contributed by atoms with E-state index < -0.39 is 10.0 Å². The smallest absolute Gasteiger partial charge is 0.220 e. The van der Waals surface area contributed by atoms with Crippen molar-refractivity contribution in [3.05, 3.63) is 22.4 Å². The fraction of sp³-hybridized carbons (Fsp3) is 0.444. The zero-order valence-electron chi connectivity index (χ0n) is 8.92. The topological polar surface area (TPSA) is 63.4 Å². The molecule has 0 atom stereocenters. The number of thiocarbonyl (C=S) groups is 1. The Morgan fingerprint density at radius 2 is 2.31 bits per heavy atom. The van der Waals surface area contributed by atoms with E-state index in [0.717, 1.165) is 4.88 Å². The second-order valence-corrected chi connectivity index (χ2v) is 6.75. The second kappa shape index (κ2) is 5.72. The van der Waals surface area contributed by atoms with Crippen LogP contribution in [0.3, 0.4) is 0 Å². The third-order valence-corrected chi connectivity index (χ3v) is 5.02. The zero-order chi connectivity index (χ0) is 12.2. The summed E-state index contributed by atoms with van der Waals surface area (Å²) in [6.07, 6.45) is 0. The monoisotopic (exact) mass is 278 g/mol. The second-order valence-electron chi connectivity index (χ2n) is 3.23. The Hall–Kier alpha value is -0.500. The highest BCUT2D eigenvalue weighted by atomic mass is 32.2. The van der Waals surface area contributed by atoms with Crippen LogP contribution in [0.4, 0.5) is 0 Å². The molecule has 0 spiro atoms. The molecule has 4 nitrogen and oxygen atoms in total. The standard InChI is InChI=1S/C9H14N2O2S3/c1-2-11(6-8-4-3-5-15-8)16(12,13)7-9(10)14/h3-5H,2,6-7H2,1H3,(H2,10,14). The molecule has 0 aliphatic heterocycles. The van der Waals surface area contributed by atoms with Gasteiger partial charge in [-0.3, -0.25) is 0 Å². The number of nitrogens with two attached hydrogens (primary N) is 1. The van der Waals surface area contributed by atoms with Gasteiger partial charge in [-0.2, -0.15) is 4.31 Å². The maximum atomic E-state index is 11.9. The largest absolute Gasteiger partial charge is 0.392 e. The number of rotatable bonds is 6. The maximum absolute atomic E-state index is 11.9. The first kappa shape index (κ1) is 13.6. The fourth-order valence-electron chi connectivity index (χ4n) is 1.25. The van der Waals surface area contributed by atoms with Gasteiger partial charge in [-0.05, 0) is 11.4 Å². The van der Waals surface area contributed by atoms with Gasteiger partial charge in [-0.15, -0.1) is 11.3 Å². The van der Waals surface area contributed by atoms with Crippen molar-refractivity contribution in [1.29, 1.82) is 0 Å². The Bertz CT molecular complexity index is 439. The van der Waals surface area contributed by atoms with Gasteiger partial charge in [0.1, 0.15) is 5.75 Å². The quantitative estimate of drug-likeness (QED) is 0.794. The van der Waals surface area contributed by atoms with Crippen LogP contribution >= 0.6 is 23.6 Å². The lowest BCUT2D eigenvalue weighted by molar-refractivity contribution is 0.429. The molecule has 0 saturated heterocycles. The van der Waals surface area contributed by atoms with Crippen molar-refractivity contribution in [1.82, 2.24) is 4.31 Å². The van der Waals surface area contributed by atoms with E-state index in [1.165, 1.54) is 15.6 Å². The normalized spacial score (nSPS) is 11.9. The number of sulfonamides is 1. The summed E-state index contributed by atoms with van der Waals surface area (Å²) in [5.74, 6) is -0.262. The Kier molecular flexibility index (Phi) is 4.85. The van der Waals surface area contributed by atoms with Gasteiger partial charge in [0.15, 0.2) is 0 Å². The van der Waals surface area contributed by atoms with E-state index in [1.807, 2.05) is 17.5 Å². The summed E-state index contributed by atoms with van der Waals surface area (Å²) in [7, 11) is -3.37. The van der Waals surface area contributed by atoms with Gasteiger partial charge < -0.3 is 5.73 Å². The van der Waals surface area contributed by atoms with E-state index in [4.69, 9.17) is 5.73 Å². The van der Waals surface area contributed by atoms with Crippen molar-refractivity contribution in [3.8, 4) is 0 Å². The summed E-state index contributed by atoms with van der Waals surface area (Å²) in [5.41, 5.74) is 5.27. The van der Waals surface area contributed by atoms with E-state index in [1.54, 1.807) is 6.92 Å². The van der Waals surface area contributed by atoms with Crippen molar-refractivity contribution in [2.75, 3.05) is 12.3 Å². The zero-order valence-corrected chi connectivity index (χ0v) is 11.4. The van der Waals surface area contributed by atoms with Gasteiger partial charge in [-0.25, -0.2) is 8.42 Å². The predicted molar refractivity (Wildman–Crippen MR) is 71.0 cm³/mol. The van der Waals surface area contributed by atoms with E-state index in [-0.39, 0.29) is 10.7 Å². The first-order valence-electron chi connectivity index (χ1n) is 4.74. The number of hydrogen-bond acceptors (Lipinski definition) is 4. The molecule has 1 heterocycles. The van der Waals surface area contributed by atoms with Crippen molar-refractivity contribution < 1.29 is 8.42 Å². The van der Waals surface area contributed by atoms with Crippen molar-refractivity contribution in [2.45, 2.75) is 13.5 Å². The highest BCUT2D eigenvalue weighted by Gasteiger charge is 2.21. The lowest BCUT2D eigenvalue weighted by atomic mass is 10.4. The Morgan fingerprint density at radius 3 is 2.75 bits per heavy atom. The van der Waals surface area contributed by atoms with Crippen LogP contribution in [0.25, 0.3) is 0 Å². The summed E-state index contributed by atoms with van der Waals surface area (Å²) in [6.45, 7) is 2.60. The summed E-state index contributed by atoms with van der Waals surface area (Å²) >= 11 is 6.16. The van der Waals surface area contributed by atoms with Crippen LogP contribution in [0.15, 0.2) is 17.5 Å². The van der Waals surface area contributed by atoms with Gasteiger partial charge in [-0.1, -0.05) is 25.2 Å². The number of nitrogens with zero attached hydrogens (tertiary/aromatic N) is 1. The molecule has 90 valence electrons. The number of thiophene rings is 1. The Balaban J connectivity index is 2.78. The molecule has 0 fully saturated rings. The fourth-order valence-corrected chi connectivity index (χ4v) is 3.77. The lowest BCUT2D eigenvalue weighted by Crippen LogP contribution is -2.36. The van der Waals surface area contributed by atoms with Gasteiger partial charge in [0.05, 0.1) is 4.99 Å². The van der Waals surface area contributed by atoms with Gasteiger partial charge >= 0.3 is 0 Å². The lowest BCUT2D eigenvalue weighted by Gasteiger charge is -2.19. The molecule has 0 saturated carbocycles.